The molecule has 1 aromatic carbocycles. The van der Waals surface area contributed by atoms with Gasteiger partial charge in [0.05, 0.1) is 18.8 Å². The highest BCUT2D eigenvalue weighted by atomic mass is 16.5. The summed E-state index contributed by atoms with van der Waals surface area (Å²) in [7, 11) is 0. The van der Waals surface area contributed by atoms with Crippen LogP contribution in [-0.2, 0) is 20.9 Å². The fourth-order valence-corrected chi connectivity index (χ4v) is 3.39. The maximum Gasteiger partial charge on any atom is 0.331 e. The summed E-state index contributed by atoms with van der Waals surface area (Å²) in [5.41, 5.74) is 1.06. The van der Waals surface area contributed by atoms with E-state index in [2.05, 4.69) is 16.5 Å². The van der Waals surface area contributed by atoms with Crippen LogP contribution in [0.4, 0.5) is 0 Å². The zero-order valence-electron chi connectivity index (χ0n) is 16.2. The van der Waals surface area contributed by atoms with Crippen LogP contribution in [0.1, 0.15) is 43.2 Å². The molecule has 0 saturated heterocycles. The van der Waals surface area contributed by atoms with E-state index in [0.29, 0.717) is 19.4 Å². The number of carbonyl (C=O) groups is 2. The first kappa shape index (κ1) is 20.3. The molecule has 1 amide bonds. The lowest BCUT2D eigenvalue weighted by Gasteiger charge is -2.31. The molecule has 7 nitrogen and oxygen atoms in total. The van der Waals surface area contributed by atoms with Crippen LogP contribution in [-0.4, -0.2) is 33.8 Å². The van der Waals surface area contributed by atoms with Gasteiger partial charge in [0, 0.05) is 17.8 Å². The first-order chi connectivity index (χ1) is 14.1. The zero-order chi connectivity index (χ0) is 20.5. The summed E-state index contributed by atoms with van der Waals surface area (Å²) in [6.45, 7) is 0.236. The molecule has 0 spiro atoms. The number of nitriles is 1. The van der Waals surface area contributed by atoms with E-state index in [-0.39, 0.29) is 0 Å². The van der Waals surface area contributed by atoms with Crippen molar-refractivity contribution in [1.29, 1.82) is 5.26 Å². The Labute approximate surface area is 170 Å². The van der Waals surface area contributed by atoms with E-state index in [1.807, 2.05) is 36.5 Å². The summed E-state index contributed by atoms with van der Waals surface area (Å²) >= 11 is 0. The molecule has 1 aliphatic rings. The van der Waals surface area contributed by atoms with Crippen LogP contribution in [0, 0.1) is 11.3 Å². The average molecular weight is 392 g/mol. The van der Waals surface area contributed by atoms with Gasteiger partial charge in [0.25, 0.3) is 5.91 Å². The molecular formula is C22H24N4O3. The Bertz CT molecular complexity index is 906. The molecule has 0 unspecified atom stereocenters. The van der Waals surface area contributed by atoms with Crippen molar-refractivity contribution in [3.05, 3.63) is 59.9 Å². The molecule has 7 heteroatoms. The largest absolute Gasteiger partial charge is 0.452 e. The van der Waals surface area contributed by atoms with Crippen LogP contribution < -0.4 is 5.32 Å². The molecule has 0 atom stereocenters. The number of benzene rings is 1. The van der Waals surface area contributed by atoms with Gasteiger partial charge in [0.15, 0.2) is 6.61 Å². The molecule has 29 heavy (non-hydrogen) atoms. The zero-order valence-corrected chi connectivity index (χ0v) is 16.2. The van der Waals surface area contributed by atoms with E-state index >= 15 is 0 Å². The molecule has 3 rings (SSSR count). The molecule has 0 bridgehead atoms. The predicted molar refractivity (Wildman–Crippen MR) is 107 cm³/mol. The second-order valence-electron chi connectivity index (χ2n) is 7.20. The minimum Gasteiger partial charge on any atom is -0.452 e. The number of hydrogen-bond donors (Lipinski definition) is 1. The van der Waals surface area contributed by atoms with Crippen LogP contribution in [0.15, 0.2) is 48.8 Å². The monoisotopic (exact) mass is 392 g/mol. The highest BCUT2D eigenvalue weighted by Crippen LogP contribution is 2.27. The van der Waals surface area contributed by atoms with E-state index in [0.717, 1.165) is 30.4 Å². The summed E-state index contributed by atoms with van der Waals surface area (Å²) in [6.07, 6.45) is 10.5. The number of ether oxygens (including phenoxy) is 1. The highest BCUT2D eigenvalue weighted by Gasteiger charge is 2.33. The third-order valence-corrected chi connectivity index (χ3v) is 4.90. The number of carbonyl (C=O) groups excluding carboxylic acids is 2. The quantitative estimate of drug-likeness (QED) is 0.577. The van der Waals surface area contributed by atoms with Gasteiger partial charge in [-0.2, -0.15) is 10.4 Å². The van der Waals surface area contributed by atoms with Gasteiger partial charge < -0.3 is 10.1 Å². The molecule has 1 aromatic heterocycles. The fraction of sp³-hybridized carbons (Fsp3) is 0.364. The molecule has 1 saturated carbocycles. The molecule has 1 aliphatic carbocycles. The summed E-state index contributed by atoms with van der Waals surface area (Å²) < 4.78 is 6.76. The predicted octanol–water partition coefficient (Wildman–Crippen LogP) is 2.83. The lowest BCUT2D eigenvalue weighted by molar-refractivity contribution is -0.144. The van der Waals surface area contributed by atoms with Crippen LogP contribution in [0.25, 0.3) is 6.08 Å². The van der Waals surface area contributed by atoms with Crippen LogP contribution >= 0.6 is 0 Å². The van der Waals surface area contributed by atoms with Gasteiger partial charge in [0.2, 0.25) is 0 Å². The normalized spacial score (nSPS) is 15.6. The summed E-state index contributed by atoms with van der Waals surface area (Å²) in [4.78, 5) is 23.9. The average Bonchev–Trinajstić information content (AvgIpc) is 3.19. The molecule has 0 aliphatic heterocycles. The van der Waals surface area contributed by atoms with Crippen molar-refractivity contribution in [3.63, 3.8) is 0 Å². The molecule has 2 aromatic rings. The third kappa shape index (κ3) is 6.04. The van der Waals surface area contributed by atoms with Gasteiger partial charge in [-0.15, -0.1) is 0 Å². The molecular weight excluding hydrogens is 368 g/mol. The minimum absolute atomic E-state index is 0.403. The van der Waals surface area contributed by atoms with Crippen LogP contribution in [0.2, 0.25) is 0 Å². The summed E-state index contributed by atoms with van der Waals surface area (Å²) in [5.74, 6) is -1.07. The smallest absolute Gasteiger partial charge is 0.331 e. The number of esters is 1. The van der Waals surface area contributed by atoms with Crippen molar-refractivity contribution in [2.24, 2.45) is 0 Å². The Hall–Kier alpha value is -3.40. The second kappa shape index (κ2) is 9.69. The summed E-state index contributed by atoms with van der Waals surface area (Å²) in [5, 5.41) is 16.4. The molecule has 1 N–H and O–H groups in total. The number of rotatable bonds is 7. The second-order valence-corrected chi connectivity index (χ2v) is 7.20. The van der Waals surface area contributed by atoms with Crippen molar-refractivity contribution in [2.75, 3.05) is 6.61 Å². The maximum absolute atomic E-state index is 12.1. The van der Waals surface area contributed by atoms with Gasteiger partial charge in [-0.25, -0.2) is 4.79 Å². The number of nitrogens with one attached hydrogen (secondary N) is 1. The number of amides is 1. The van der Waals surface area contributed by atoms with E-state index in [1.54, 1.807) is 17.0 Å². The first-order valence-electron chi connectivity index (χ1n) is 9.72. The highest BCUT2D eigenvalue weighted by molar-refractivity contribution is 5.89. The van der Waals surface area contributed by atoms with E-state index < -0.39 is 24.0 Å². The topological polar surface area (TPSA) is 97.0 Å². The van der Waals surface area contributed by atoms with E-state index in [9.17, 15) is 14.9 Å². The summed E-state index contributed by atoms with van der Waals surface area (Å²) in [6, 6.07) is 12.1. The molecule has 150 valence electrons. The van der Waals surface area contributed by atoms with E-state index in [4.69, 9.17) is 4.74 Å². The number of nitrogens with zero attached hydrogens (tertiary/aromatic N) is 3. The lowest BCUT2D eigenvalue weighted by Crippen LogP contribution is -2.49. The molecule has 1 heterocycles. The Balaban J connectivity index is 1.45. The van der Waals surface area contributed by atoms with Crippen molar-refractivity contribution in [2.45, 2.75) is 44.2 Å². The first-order valence-corrected chi connectivity index (χ1v) is 9.72. The lowest BCUT2D eigenvalue weighted by atomic mass is 9.83. The van der Waals surface area contributed by atoms with Crippen molar-refractivity contribution >= 4 is 18.0 Å². The van der Waals surface area contributed by atoms with E-state index in [1.165, 1.54) is 6.08 Å². The maximum atomic E-state index is 12.1. The fourth-order valence-electron chi connectivity index (χ4n) is 3.39. The number of aromatic nitrogens is 2. The van der Waals surface area contributed by atoms with Crippen LogP contribution in [0.5, 0.6) is 0 Å². The Kier molecular flexibility index (Phi) is 6.80. The Morgan fingerprint density at radius 3 is 2.72 bits per heavy atom. The van der Waals surface area contributed by atoms with Gasteiger partial charge in [-0.05, 0) is 24.5 Å². The Morgan fingerprint density at radius 2 is 2.00 bits per heavy atom. The van der Waals surface area contributed by atoms with Gasteiger partial charge in [-0.3, -0.25) is 9.48 Å². The Morgan fingerprint density at radius 1 is 1.24 bits per heavy atom. The van der Waals surface area contributed by atoms with Gasteiger partial charge in [-0.1, -0.05) is 49.6 Å². The van der Waals surface area contributed by atoms with Crippen molar-refractivity contribution < 1.29 is 14.3 Å². The molecule has 0 radical (unpaired) electrons. The molecule has 1 fully saturated rings. The number of hydrogen-bond acceptors (Lipinski definition) is 5. The van der Waals surface area contributed by atoms with Crippen molar-refractivity contribution in [3.8, 4) is 6.07 Å². The standard InChI is InChI=1S/C22H24N4O3/c23-17-22(11-5-2-6-12-22)25-20(27)16-29-21(28)10-9-19-13-24-26(15-19)14-18-7-3-1-4-8-18/h1,3-4,7-10,13,15H,2,5-6,11-12,14,16H2,(H,25,27)/b10-9+. The minimum atomic E-state index is -0.828. The van der Waals surface area contributed by atoms with Gasteiger partial charge in [0.1, 0.15) is 5.54 Å². The van der Waals surface area contributed by atoms with Crippen LogP contribution in [0.3, 0.4) is 0 Å². The van der Waals surface area contributed by atoms with Crippen molar-refractivity contribution in [1.82, 2.24) is 15.1 Å². The third-order valence-electron chi connectivity index (χ3n) is 4.90. The SMILES string of the molecule is N#CC1(NC(=O)COC(=O)/C=C/c2cnn(Cc3ccccc3)c2)CCCCC1. The van der Waals surface area contributed by atoms with Gasteiger partial charge >= 0.3 is 5.97 Å².